The van der Waals surface area contributed by atoms with Crippen LogP contribution in [0.3, 0.4) is 0 Å². The van der Waals surface area contributed by atoms with Gasteiger partial charge in [-0.15, -0.1) is 0 Å². The topological polar surface area (TPSA) is 29.9 Å². The zero-order valence-electron chi connectivity index (χ0n) is 13.2. The molecule has 4 heteroatoms. The van der Waals surface area contributed by atoms with E-state index in [4.69, 9.17) is 0 Å². The minimum atomic E-state index is 0.199. The molecule has 0 bridgehead atoms. The van der Waals surface area contributed by atoms with Crippen molar-refractivity contribution < 1.29 is 0 Å². The predicted molar refractivity (Wildman–Crippen MR) is 88.1 cm³/mol. The molecule has 1 aromatic rings. The molecule has 1 aliphatic rings. The second-order valence-electron chi connectivity index (χ2n) is 6.98. The predicted octanol–water partition coefficient (Wildman–Crippen LogP) is 4.33. The maximum atomic E-state index is 4.50. The number of hydrogen-bond acceptors (Lipinski definition) is 2. The molecule has 0 saturated heterocycles. The van der Waals surface area contributed by atoms with Crippen molar-refractivity contribution in [2.24, 2.45) is 5.92 Å². The lowest BCUT2D eigenvalue weighted by atomic mass is 9.77. The lowest BCUT2D eigenvalue weighted by molar-refractivity contribution is 0.260. The van der Waals surface area contributed by atoms with E-state index in [1.54, 1.807) is 0 Å². The Morgan fingerprint density at radius 1 is 1.35 bits per heavy atom. The standard InChI is InChI=1S/C16H28BrN3/c1-5-20-15(14(17)11-19-20)13-9-7-6-8-12(13)10-18-16(2,3)4/h11-13,18H,5-10H2,1-4H3. The third kappa shape index (κ3) is 3.85. The molecule has 0 aromatic carbocycles. The van der Waals surface area contributed by atoms with Gasteiger partial charge in [0.2, 0.25) is 0 Å². The van der Waals surface area contributed by atoms with Gasteiger partial charge in [0.05, 0.1) is 16.4 Å². The molecular weight excluding hydrogens is 314 g/mol. The number of halogens is 1. The highest BCUT2D eigenvalue weighted by Gasteiger charge is 2.31. The molecular formula is C16H28BrN3. The van der Waals surface area contributed by atoms with E-state index >= 15 is 0 Å². The normalized spacial score (nSPS) is 24.1. The SMILES string of the molecule is CCn1ncc(Br)c1C1CCCCC1CNC(C)(C)C. The summed E-state index contributed by atoms with van der Waals surface area (Å²) in [7, 11) is 0. The largest absolute Gasteiger partial charge is 0.312 e. The molecule has 1 N–H and O–H groups in total. The van der Waals surface area contributed by atoms with Crippen LogP contribution in [-0.2, 0) is 6.54 Å². The summed E-state index contributed by atoms with van der Waals surface area (Å²) in [6.45, 7) is 11.0. The third-order valence-corrected chi connectivity index (χ3v) is 4.90. The number of aryl methyl sites for hydroxylation is 1. The van der Waals surface area contributed by atoms with Gasteiger partial charge in [-0.2, -0.15) is 5.10 Å². The van der Waals surface area contributed by atoms with Gasteiger partial charge in [0, 0.05) is 18.0 Å². The van der Waals surface area contributed by atoms with Crippen LogP contribution >= 0.6 is 15.9 Å². The molecule has 0 aliphatic heterocycles. The number of rotatable bonds is 4. The van der Waals surface area contributed by atoms with Gasteiger partial charge in [-0.05, 0) is 68.9 Å². The van der Waals surface area contributed by atoms with Gasteiger partial charge in [0.25, 0.3) is 0 Å². The highest BCUT2D eigenvalue weighted by atomic mass is 79.9. The van der Waals surface area contributed by atoms with Gasteiger partial charge in [-0.3, -0.25) is 4.68 Å². The first-order valence-corrected chi connectivity index (χ1v) is 8.68. The van der Waals surface area contributed by atoms with Crippen LogP contribution in [0.15, 0.2) is 10.7 Å². The highest BCUT2D eigenvalue weighted by Crippen LogP contribution is 2.40. The van der Waals surface area contributed by atoms with Crippen molar-refractivity contribution in [3.8, 4) is 0 Å². The van der Waals surface area contributed by atoms with Crippen LogP contribution in [0.4, 0.5) is 0 Å². The van der Waals surface area contributed by atoms with Crippen molar-refractivity contribution in [3.63, 3.8) is 0 Å². The minimum Gasteiger partial charge on any atom is -0.312 e. The third-order valence-electron chi connectivity index (χ3n) is 4.29. The van der Waals surface area contributed by atoms with Gasteiger partial charge in [0.15, 0.2) is 0 Å². The van der Waals surface area contributed by atoms with Crippen molar-refractivity contribution in [3.05, 3.63) is 16.4 Å². The number of aromatic nitrogens is 2. The Balaban J connectivity index is 2.16. The lowest BCUT2D eigenvalue weighted by Gasteiger charge is -2.34. The molecule has 2 rings (SSSR count). The van der Waals surface area contributed by atoms with Gasteiger partial charge in [-0.25, -0.2) is 0 Å². The molecule has 1 heterocycles. The fourth-order valence-electron chi connectivity index (χ4n) is 3.24. The van der Waals surface area contributed by atoms with E-state index in [1.807, 2.05) is 6.20 Å². The molecule has 3 nitrogen and oxygen atoms in total. The molecule has 1 fully saturated rings. The van der Waals surface area contributed by atoms with Gasteiger partial charge >= 0.3 is 0 Å². The molecule has 0 radical (unpaired) electrons. The monoisotopic (exact) mass is 341 g/mol. The Morgan fingerprint density at radius 2 is 2.05 bits per heavy atom. The van der Waals surface area contributed by atoms with Crippen LogP contribution in [0, 0.1) is 5.92 Å². The Kier molecular flexibility index (Phi) is 5.30. The van der Waals surface area contributed by atoms with E-state index in [2.05, 4.69) is 58.7 Å². The second kappa shape index (κ2) is 6.61. The number of nitrogens with zero attached hydrogens (tertiary/aromatic N) is 2. The van der Waals surface area contributed by atoms with Gasteiger partial charge < -0.3 is 5.32 Å². The van der Waals surface area contributed by atoms with Gasteiger partial charge in [0.1, 0.15) is 0 Å². The van der Waals surface area contributed by atoms with Crippen LogP contribution in [0.25, 0.3) is 0 Å². The molecule has 1 aliphatic carbocycles. The van der Waals surface area contributed by atoms with Crippen LogP contribution in [-0.4, -0.2) is 21.9 Å². The highest BCUT2D eigenvalue weighted by molar-refractivity contribution is 9.10. The summed E-state index contributed by atoms with van der Waals surface area (Å²) in [4.78, 5) is 0. The first kappa shape index (κ1) is 16.0. The molecule has 114 valence electrons. The lowest BCUT2D eigenvalue weighted by Crippen LogP contribution is -2.41. The summed E-state index contributed by atoms with van der Waals surface area (Å²) in [6, 6.07) is 0. The maximum absolute atomic E-state index is 4.50. The molecule has 1 saturated carbocycles. The Morgan fingerprint density at radius 3 is 2.70 bits per heavy atom. The van der Waals surface area contributed by atoms with Crippen LogP contribution in [0.1, 0.15) is 65.0 Å². The van der Waals surface area contributed by atoms with E-state index < -0.39 is 0 Å². The quantitative estimate of drug-likeness (QED) is 0.883. The summed E-state index contributed by atoms with van der Waals surface area (Å²) in [5, 5.41) is 8.20. The molecule has 2 unspecified atom stereocenters. The van der Waals surface area contributed by atoms with Crippen LogP contribution in [0.5, 0.6) is 0 Å². The summed E-state index contributed by atoms with van der Waals surface area (Å²) < 4.78 is 3.36. The van der Waals surface area contributed by atoms with Crippen molar-refractivity contribution in [2.45, 2.75) is 71.4 Å². The Bertz CT molecular complexity index is 433. The van der Waals surface area contributed by atoms with E-state index in [9.17, 15) is 0 Å². The molecule has 20 heavy (non-hydrogen) atoms. The Labute approximate surface area is 131 Å². The van der Waals surface area contributed by atoms with E-state index in [1.165, 1.54) is 35.8 Å². The summed E-state index contributed by atoms with van der Waals surface area (Å²) in [5.41, 5.74) is 1.61. The number of hydrogen-bond donors (Lipinski definition) is 1. The van der Waals surface area contributed by atoms with Crippen molar-refractivity contribution in [1.29, 1.82) is 0 Å². The van der Waals surface area contributed by atoms with Crippen molar-refractivity contribution in [1.82, 2.24) is 15.1 Å². The smallest absolute Gasteiger partial charge is 0.0635 e. The molecule has 0 spiro atoms. The molecule has 0 amide bonds. The van der Waals surface area contributed by atoms with Crippen molar-refractivity contribution in [2.75, 3.05) is 6.54 Å². The second-order valence-corrected chi connectivity index (χ2v) is 7.83. The maximum Gasteiger partial charge on any atom is 0.0635 e. The molecule has 1 aromatic heterocycles. The first-order valence-electron chi connectivity index (χ1n) is 7.88. The molecule has 2 atom stereocenters. The summed E-state index contributed by atoms with van der Waals surface area (Å²) >= 11 is 3.71. The van der Waals surface area contributed by atoms with Crippen LogP contribution < -0.4 is 5.32 Å². The average Bonchev–Trinajstić information content (AvgIpc) is 2.77. The zero-order chi connectivity index (χ0) is 14.8. The van der Waals surface area contributed by atoms with E-state index in [0.717, 1.165) is 19.0 Å². The minimum absolute atomic E-state index is 0.199. The van der Waals surface area contributed by atoms with Crippen LogP contribution in [0.2, 0.25) is 0 Å². The van der Waals surface area contributed by atoms with E-state index in [0.29, 0.717) is 5.92 Å². The first-order chi connectivity index (χ1) is 9.42. The number of nitrogens with one attached hydrogen (secondary N) is 1. The summed E-state index contributed by atoms with van der Waals surface area (Å²) in [6.07, 6.45) is 7.29. The fourth-order valence-corrected chi connectivity index (χ4v) is 3.83. The van der Waals surface area contributed by atoms with Gasteiger partial charge in [-0.1, -0.05) is 12.8 Å². The summed E-state index contributed by atoms with van der Waals surface area (Å²) in [5.74, 6) is 1.36. The Hall–Kier alpha value is -0.350. The average molecular weight is 342 g/mol. The van der Waals surface area contributed by atoms with Crippen molar-refractivity contribution >= 4 is 15.9 Å². The zero-order valence-corrected chi connectivity index (χ0v) is 14.8. The fraction of sp³-hybridized carbons (Fsp3) is 0.812. The van der Waals surface area contributed by atoms with E-state index in [-0.39, 0.29) is 5.54 Å².